The van der Waals surface area contributed by atoms with E-state index in [-0.39, 0.29) is 16.7 Å². The zero-order chi connectivity index (χ0) is 16.3. The minimum absolute atomic E-state index is 0.0662. The first kappa shape index (κ1) is 15.7. The van der Waals surface area contributed by atoms with Crippen LogP contribution >= 0.6 is 0 Å². The minimum Gasteiger partial charge on any atom is -0.481 e. The summed E-state index contributed by atoms with van der Waals surface area (Å²) >= 11 is 0. The van der Waals surface area contributed by atoms with E-state index < -0.39 is 30.4 Å². The number of pyridine rings is 1. The predicted molar refractivity (Wildman–Crippen MR) is 67.7 cm³/mol. The Balaban J connectivity index is 2.38. The van der Waals surface area contributed by atoms with Gasteiger partial charge in [-0.05, 0) is 29.3 Å². The third-order valence-electron chi connectivity index (χ3n) is 2.71. The SMILES string of the molecule is O=C(O)Cc1ccnc(F)c1-c1ccc(OC(F)(F)F)cc1. The van der Waals surface area contributed by atoms with Gasteiger partial charge in [0.05, 0.1) is 6.42 Å². The fourth-order valence-electron chi connectivity index (χ4n) is 1.91. The average Bonchev–Trinajstić information content (AvgIpc) is 2.38. The number of hydrogen-bond acceptors (Lipinski definition) is 3. The molecule has 1 aromatic heterocycles. The molecular weight excluding hydrogens is 306 g/mol. The van der Waals surface area contributed by atoms with Gasteiger partial charge in [-0.2, -0.15) is 4.39 Å². The van der Waals surface area contributed by atoms with Crippen LogP contribution in [0.15, 0.2) is 36.5 Å². The molecule has 0 saturated carbocycles. The van der Waals surface area contributed by atoms with E-state index in [1.54, 1.807) is 0 Å². The molecule has 2 rings (SSSR count). The summed E-state index contributed by atoms with van der Waals surface area (Å²) in [5.41, 5.74) is 0.310. The van der Waals surface area contributed by atoms with E-state index in [0.717, 1.165) is 18.3 Å². The average molecular weight is 315 g/mol. The number of nitrogens with zero attached hydrogens (tertiary/aromatic N) is 1. The summed E-state index contributed by atoms with van der Waals surface area (Å²) in [6, 6.07) is 5.77. The monoisotopic (exact) mass is 315 g/mol. The molecule has 1 N–H and O–H groups in total. The Labute approximate surface area is 122 Å². The quantitative estimate of drug-likeness (QED) is 0.694. The first-order chi connectivity index (χ1) is 10.3. The Morgan fingerprint density at radius 3 is 2.36 bits per heavy atom. The second-order valence-electron chi connectivity index (χ2n) is 4.28. The lowest BCUT2D eigenvalue weighted by Gasteiger charge is -2.11. The van der Waals surface area contributed by atoms with Crippen molar-refractivity contribution < 1.29 is 32.2 Å². The van der Waals surface area contributed by atoms with Crippen LogP contribution in [0.5, 0.6) is 5.75 Å². The minimum atomic E-state index is -4.82. The second-order valence-corrected chi connectivity index (χ2v) is 4.28. The maximum Gasteiger partial charge on any atom is 0.573 e. The number of alkyl halides is 3. The highest BCUT2D eigenvalue weighted by Crippen LogP contribution is 2.29. The molecule has 0 spiro atoms. The number of hydrogen-bond donors (Lipinski definition) is 1. The molecular formula is C14H9F4NO3. The molecule has 0 fully saturated rings. The zero-order valence-electron chi connectivity index (χ0n) is 10.9. The van der Waals surface area contributed by atoms with E-state index in [9.17, 15) is 22.4 Å². The van der Waals surface area contributed by atoms with Crippen LogP contribution in [0.3, 0.4) is 0 Å². The summed E-state index contributed by atoms with van der Waals surface area (Å²) in [6.07, 6.45) is -4.14. The van der Waals surface area contributed by atoms with Gasteiger partial charge in [-0.1, -0.05) is 12.1 Å². The van der Waals surface area contributed by atoms with Gasteiger partial charge in [0.25, 0.3) is 0 Å². The number of benzene rings is 1. The number of aromatic nitrogens is 1. The standard InChI is InChI=1S/C14H9F4NO3/c15-13-12(9(5-6-19-13)7-11(20)21)8-1-3-10(4-2-8)22-14(16,17)18/h1-6H,7H2,(H,20,21). The van der Waals surface area contributed by atoms with Crippen LogP contribution < -0.4 is 4.74 Å². The molecule has 116 valence electrons. The van der Waals surface area contributed by atoms with Gasteiger partial charge in [0.2, 0.25) is 5.95 Å². The van der Waals surface area contributed by atoms with E-state index in [0.29, 0.717) is 0 Å². The Kier molecular flexibility index (Phi) is 4.30. The Morgan fingerprint density at radius 1 is 1.18 bits per heavy atom. The Morgan fingerprint density at radius 2 is 1.82 bits per heavy atom. The highest BCUT2D eigenvalue weighted by molar-refractivity contribution is 5.76. The number of ether oxygens (including phenoxy) is 1. The number of rotatable bonds is 4. The molecule has 1 heterocycles. The van der Waals surface area contributed by atoms with Crippen LogP contribution in [0, 0.1) is 5.95 Å². The number of halogens is 4. The van der Waals surface area contributed by atoms with Crippen molar-refractivity contribution in [2.24, 2.45) is 0 Å². The Bertz CT molecular complexity index is 683. The third-order valence-corrected chi connectivity index (χ3v) is 2.71. The number of carboxylic acids is 1. The number of aliphatic carboxylic acids is 1. The summed E-state index contributed by atoms with van der Waals surface area (Å²) < 4.78 is 53.8. The summed E-state index contributed by atoms with van der Waals surface area (Å²) in [4.78, 5) is 14.2. The van der Waals surface area contributed by atoms with Crippen LogP contribution in [0.25, 0.3) is 11.1 Å². The van der Waals surface area contributed by atoms with Gasteiger partial charge in [-0.3, -0.25) is 4.79 Å². The van der Waals surface area contributed by atoms with Crippen LogP contribution in [0.1, 0.15) is 5.56 Å². The molecule has 0 aliphatic heterocycles. The van der Waals surface area contributed by atoms with Gasteiger partial charge in [0, 0.05) is 11.8 Å². The molecule has 2 aromatic rings. The smallest absolute Gasteiger partial charge is 0.481 e. The molecule has 0 unspecified atom stereocenters. The second kappa shape index (κ2) is 6.00. The van der Waals surface area contributed by atoms with Crippen LogP contribution in [-0.2, 0) is 11.2 Å². The molecule has 0 radical (unpaired) electrons. The Hall–Kier alpha value is -2.64. The normalized spacial score (nSPS) is 11.3. The fourth-order valence-corrected chi connectivity index (χ4v) is 1.91. The topological polar surface area (TPSA) is 59.4 Å². The third kappa shape index (κ3) is 3.94. The van der Waals surface area contributed by atoms with E-state index in [4.69, 9.17) is 5.11 Å². The fraction of sp³-hybridized carbons (Fsp3) is 0.143. The molecule has 1 aromatic carbocycles. The highest BCUT2D eigenvalue weighted by Gasteiger charge is 2.31. The maximum atomic E-state index is 13.8. The lowest BCUT2D eigenvalue weighted by atomic mass is 9.99. The van der Waals surface area contributed by atoms with E-state index in [2.05, 4.69) is 9.72 Å². The molecule has 8 heteroatoms. The molecule has 22 heavy (non-hydrogen) atoms. The molecule has 4 nitrogen and oxygen atoms in total. The molecule has 0 atom stereocenters. The summed E-state index contributed by atoms with van der Waals surface area (Å²) in [5, 5.41) is 8.81. The summed E-state index contributed by atoms with van der Waals surface area (Å²) in [7, 11) is 0. The molecule has 0 amide bonds. The molecule has 0 aliphatic carbocycles. The van der Waals surface area contributed by atoms with E-state index in [1.807, 2.05) is 0 Å². The van der Waals surface area contributed by atoms with Crippen molar-refractivity contribution in [3.8, 4) is 16.9 Å². The van der Waals surface area contributed by atoms with Gasteiger partial charge in [0.1, 0.15) is 5.75 Å². The largest absolute Gasteiger partial charge is 0.573 e. The van der Waals surface area contributed by atoms with Crippen molar-refractivity contribution in [1.82, 2.24) is 4.98 Å². The van der Waals surface area contributed by atoms with Crippen molar-refractivity contribution in [3.63, 3.8) is 0 Å². The molecule has 0 aliphatic rings. The molecule has 0 bridgehead atoms. The van der Waals surface area contributed by atoms with Gasteiger partial charge in [-0.15, -0.1) is 13.2 Å². The van der Waals surface area contributed by atoms with Crippen molar-refractivity contribution >= 4 is 5.97 Å². The lowest BCUT2D eigenvalue weighted by Crippen LogP contribution is -2.17. The van der Waals surface area contributed by atoms with Crippen LogP contribution in [0.2, 0.25) is 0 Å². The van der Waals surface area contributed by atoms with Crippen molar-refractivity contribution in [2.75, 3.05) is 0 Å². The van der Waals surface area contributed by atoms with Gasteiger partial charge in [-0.25, -0.2) is 4.98 Å². The number of carboxylic acid groups (broad SMARTS) is 1. The first-order valence-electron chi connectivity index (χ1n) is 5.97. The highest BCUT2D eigenvalue weighted by atomic mass is 19.4. The van der Waals surface area contributed by atoms with Crippen molar-refractivity contribution in [1.29, 1.82) is 0 Å². The zero-order valence-corrected chi connectivity index (χ0v) is 10.9. The van der Waals surface area contributed by atoms with Crippen LogP contribution in [0.4, 0.5) is 17.6 Å². The first-order valence-corrected chi connectivity index (χ1v) is 5.97. The number of carbonyl (C=O) groups is 1. The maximum absolute atomic E-state index is 13.8. The van der Waals surface area contributed by atoms with Gasteiger partial charge < -0.3 is 9.84 Å². The summed E-state index contributed by atoms with van der Waals surface area (Å²) in [6.45, 7) is 0. The summed E-state index contributed by atoms with van der Waals surface area (Å²) in [5.74, 6) is -2.52. The van der Waals surface area contributed by atoms with E-state index >= 15 is 0 Å². The molecule has 0 saturated heterocycles. The van der Waals surface area contributed by atoms with Gasteiger partial charge >= 0.3 is 12.3 Å². The van der Waals surface area contributed by atoms with Gasteiger partial charge in [0.15, 0.2) is 0 Å². The predicted octanol–water partition coefficient (Wildman–Crippen LogP) is 3.41. The van der Waals surface area contributed by atoms with Crippen LogP contribution in [-0.4, -0.2) is 22.4 Å². The van der Waals surface area contributed by atoms with E-state index in [1.165, 1.54) is 18.2 Å². The van der Waals surface area contributed by atoms with Crippen molar-refractivity contribution in [3.05, 3.63) is 48.0 Å². The lowest BCUT2D eigenvalue weighted by molar-refractivity contribution is -0.274. The van der Waals surface area contributed by atoms with Crippen molar-refractivity contribution in [2.45, 2.75) is 12.8 Å².